The van der Waals surface area contributed by atoms with Crippen molar-refractivity contribution in [3.8, 4) is 0 Å². The molecule has 0 amide bonds. The highest BCUT2D eigenvalue weighted by atomic mass is 16.5. The van der Waals surface area contributed by atoms with Crippen LogP contribution in [0.2, 0.25) is 0 Å². The lowest BCUT2D eigenvalue weighted by Gasteiger charge is -2.26. The van der Waals surface area contributed by atoms with Crippen LogP contribution in [0.1, 0.15) is 30.1 Å². The quantitative estimate of drug-likeness (QED) is 0.705. The van der Waals surface area contributed by atoms with Crippen molar-refractivity contribution in [2.75, 3.05) is 6.61 Å². The molecule has 2 heterocycles. The first kappa shape index (κ1) is 18.6. The van der Waals surface area contributed by atoms with Gasteiger partial charge in [-0.1, -0.05) is 24.3 Å². The van der Waals surface area contributed by atoms with Crippen LogP contribution in [0.15, 0.2) is 40.2 Å². The molecule has 0 saturated carbocycles. The molecule has 148 valence electrons. The first-order valence-corrected chi connectivity index (χ1v) is 9.45. The second-order valence-corrected chi connectivity index (χ2v) is 7.34. The van der Waals surface area contributed by atoms with Crippen molar-refractivity contribution in [3.05, 3.63) is 62.6 Å². The Balaban J connectivity index is 1.50. The van der Waals surface area contributed by atoms with E-state index in [0.717, 1.165) is 23.8 Å². The summed E-state index contributed by atoms with van der Waals surface area (Å²) < 4.78 is 9.96. The van der Waals surface area contributed by atoms with Gasteiger partial charge in [0, 0.05) is 14.1 Å². The van der Waals surface area contributed by atoms with Crippen LogP contribution in [-0.4, -0.2) is 36.5 Å². The van der Waals surface area contributed by atoms with E-state index in [4.69, 9.17) is 4.74 Å². The zero-order chi connectivity index (χ0) is 19.8. The second-order valence-electron chi connectivity index (χ2n) is 7.34. The molecule has 4 rings (SSSR count). The Bertz CT molecular complexity index is 1130. The Morgan fingerprint density at radius 1 is 1.25 bits per heavy atom. The second kappa shape index (κ2) is 7.37. The highest BCUT2D eigenvalue weighted by molar-refractivity contribution is 5.69. The Morgan fingerprint density at radius 2 is 2.04 bits per heavy atom. The van der Waals surface area contributed by atoms with Gasteiger partial charge < -0.3 is 14.4 Å². The van der Waals surface area contributed by atoms with Crippen molar-refractivity contribution in [1.82, 2.24) is 18.7 Å². The van der Waals surface area contributed by atoms with Crippen LogP contribution in [0.3, 0.4) is 0 Å². The lowest BCUT2D eigenvalue weighted by molar-refractivity contribution is -0.0222. The minimum absolute atomic E-state index is 0.0205. The van der Waals surface area contributed by atoms with Gasteiger partial charge in [0.15, 0.2) is 11.2 Å². The lowest BCUT2D eigenvalue weighted by atomic mass is 9.89. The maximum atomic E-state index is 12.5. The van der Waals surface area contributed by atoms with Gasteiger partial charge >= 0.3 is 5.69 Å². The van der Waals surface area contributed by atoms with Crippen molar-refractivity contribution >= 4 is 11.2 Å². The highest BCUT2D eigenvalue weighted by Gasteiger charge is 2.22. The molecule has 1 N–H and O–H groups in total. The van der Waals surface area contributed by atoms with E-state index in [1.165, 1.54) is 29.1 Å². The number of aromatic nitrogens is 4. The molecule has 1 aliphatic rings. The van der Waals surface area contributed by atoms with E-state index in [2.05, 4.69) is 17.1 Å². The minimum Gasteiger partial charge on any atom is -0.389 e. The van der Waals surface area contributed by atoms with Gasteiger partial charge in [-0.05, 0) is 30.4 Å². The number of aliphatic hydroxyl groups is 1. The number of aryl methyl sites for hydroxylation is 2. The van der Waals surface area contributed by atoms with Crippen molar-refractivity contribution in [2.45, 2.75) is 38.0 Å². The van der Waals surface area contributed by atoms with E-state index in [1.54, 1.807) is 11.6 Å². The SMILES string of the molecule is Cn1c(=O)c2c(ncn2C[C@@H](O)CO[C@H]2CCCc3ccccc32)n(C)c1=O. The molecule has 8 nitrogen and oxygen atoms in total. The van der Waals surface area contributed by atoms with Crippen LogP contribution >= 0.6 is 0 Å². The summed E-state index contributed by atoms with van der Waals surface area (Å²) in [7, 11) is 3.00. The summed E-state index contributed by atoms with van der Waals surface area (Å²) in [5, 5.41) is 10.5. The number of imidazole rings is 1. The number of aliphatic hydroxyl groups excluding tert-OH is 1. The summed E-state index contributed by atoms with van der Waals surface area (Å²) in [6.45, 7) is 0.322. The van der Waals surface area contributed by atoms with E-state index in [-0.39, 0.29) is 19.3 Å². The molecule has 28 heavy (non-hydrogen) atoms. The predicted octanol–water partition coefficient (Wildman–Crippen LogP) is 0.889. The molecule has 2 aromatic heterocycles. The molecule has 0 aliphatic heterocycles. The van der Waals surface area contributed by atoms with Crippen LogP contribution in [0.25, 0.3) is 11.2 Å². The fraction of sp³-hybridized carbons (Fsp3) is 0.450. The first-order valence-electron chi connectivity index (χ1n) is 9.45. The molecule has 3 aromatic rings. The maximum absolute atomic E-state index is 12.5. The fourth-order valence-electron chi connectivity index (χ4n) is 3.92. The van der Waals surface area contributed by atoms with Crippen LogP contribution in [0.4, 0.5) is 0 Å². The van der Waals surface area contributed by atoms with E-state index in [1.807, 2.05) is 12.1 Å². The number of rotatable bonds is 5. The van der Waals surface area contributed by atoms with Crippen molar-refractivity contribution in [1.29, 1.82) is 0 Å². The summed E-state index contributed by atoms with van der Waals surface area (Å²) in [6, 6.07) is 8.25. The van der Waals surface area contributed by atoms with Crippen molar-refractivity contribution in [3.63, 3.8) is 0 Å². The van der Waals surface area contributed by atoms with Crippen LogP contribution < -0.4 is 11.2 Å². The van der Waals surface area contributed by atoms with E-state index in [9.17, 15) is 14.7 Å². The Labute approximate surface area is 161 Å². The molecular weight excluding hydrogens is 360 g/mol. The molecule has 2 atom stereocenters. The lowest BCUT2D eigenvalue weighted by Crippen LogP contribution is -2.38. The molecular formula is C20H24N4O4. The maximum Gasteiger partial charge on any atom is 0.332 e. The average Bonchev–Trinajstić information content (AvgIpc) is 3.12. The molecule has 8 heteroatoms. The third-order valence-corrected chi connectivity index (χ3v) is 5.43. The van der Waals surface area contributed by atoms with Crippen LogP contribution in [-0.2, 0) is 31.8 Å². The van der Waals surface area contributed by atoms with E-state index in [0.29, 0.717) is 11.2 Å². The van der Waals surface area contributed by atoms with E-state index < -0.39 is 17.4 Å². The van der Waals surface area contributed by atoms with Gasteiger partial charge in [-0.3, -0.25) is 13.9 Å². The number of ether oxygens (including phenoxy) is 1. The molecule has 1 aromatic carbocycles. The molecule has 0 radical (unpaired) electrons. The van der Waals surface area contributed by atoms with Gasteiger partial charge in [-0.25, -0.2) is 9.78 Å². The zero-order valence-corrected chi connectivity index (χ0v) is 16.0. The first-order chi connectivity index (χ1) is 13.5. The Kier molecular flexibility index (Phi) is 4.91. The Morgan fingerprint density at radius 3 is 2.86 bits per heavy atom. The normalized spacial score (nSPS) is 17.6. The smallest absolute Gasteiger partial charge is 0.332 e. The van der Waals surface area contributed by atoms with Gasteiger partial charge in [0.2, 0.25) is 0 Å². The Hall–Kier alpha value is -2.71. The predicted molar refractivity (Wildman–Crippen MR) is 104 cm³/mol. The van der Waals surface area contributed by atoms with Gasteiger partial charge in [0.05, 0.1) is 31.7 Å². The van der Waals surface area contributed by atoms with E-state index >= 15 is 0 Å². The topological polar surface area (TPSA) is 91.3 Å². The third kappa shape index (κ3) is 3.18. The number of benzene rings is 1. The third-order valence-electron chi connectivity index (χ3n) is 5.43. The highest BCUT2D eigenvalue weighted by Crippen LogP contribution is 2.32. The van der Waals surface area contributed by atoms with Gasteiger partial charge in [0.1, 0.15) is 0 Å². The number of hydrogen-bond acceptors (Lipinski definition) is 5. The summed E-state index contributed by atoms with van der Waals surface area (Å²) >= 11 is 0. The van der Waals surface area contributed by atoms with Gasteiger partial charge in [-0.2, -0.15) is 0 Å². The van der Waals surface area contributed by atoms with Crippen LogP contribution in [0, 0.1) is 0 Å². The summed E-state index contributed by atoms with van der Waals surface area (Å²) in [6.07, 6.45) is 3.71. The monoisotopic (exact) mass is 384 g/mol. The fourth-order valence-corrected chi connectivity index (χ4v) is 3.92. The summed E-state index contributed by atoms with van der Waals surface area (Å²) in [4.78, 5) is 28.7. The molecule has 0 unspecified atom stereocenters. The average molecular weight is 384 g/mol. The molecule has 0 spiro atoms. The van der Waals surface area contributed by atoms with Crippen molar-refractivity contribution < 1.29 is 9.84 Å². The minimum atomic E-state index is -0.798. The van der Waals surface area contributed by atoms with Gasteiger partial charge in [0.25, 0.3) is 5.56 Å². The summed E-state index contributed by atoms with van der Waals surface area (Å²) in [5.74, 6) is 0. The molecule has 1 aliphatic carbocycles. The summed E-state index contributed by atoms with van der Waals surface area (Å²) in [5.41, 5.74) is 2.25. The molecule has 0 saturated heterocycles. The van der Waals surface area contributed by atoms with Crippen LogP contribution in [0.5, 0.6) is 0 Å². The number of hydrogen-bond donors (Lipinski definition) is 1. The largest absolute Gasteiger partial charge is 0.389 e. The molecule has 0 fully saturated rings. The van der Waals surface area contributed by atoms with Crippen molar-refractivity contribution in [2.24, 2.45) is 14.1 Å². The van der Waals surface area contributed by atoms with Gasteiger partial charge in [-0.15, -0.1) is 0 Å². The zero-order valence-electron chi connectivity index (χ0n) is 16.0. The standard InChI is InChI=1S/C20H24N4O4/c1-22-18-17(19(26)23(2)20(22)27)24(12-21-18)10-14(25)11-28-16-9-5-7-13-6-3-4-8-15(13)16/h3-4,6,8,12,14,16,25H,5,7,9-11H2,1-2H3/t14-,16+/m1/s1. The number of fused-ring (bicyclic) bond motifs is 2. The molecule has 0 bridgehead atoms. The number of nitrogens with zero attached hydrogens (tertiary/aromatic N) is 4.